The molecule has 0 aliphatic heterocycles. The molecule has 0 fully saturated rings. The van der Waals surface area contributed by atoms with Crippen LogP contribution in [0.3, 0.4) is 0 Å². The Bertz CT molecular complexity index is 546. The van der Waals surface area contributed by atoms with Crippen molar-refractivity contribution in [2.24, 2.45) is 0 Å². The Hall–Kier alpha value is -1.88. The lowest BCUT2D eigenvalue weighted by atomic mass is 10.0. The summed E-state index contributed by atoms with van der Waals surface area (Å²) in [6, 6.07) is 3.32. The van der Waals surface area contributed by atoms with Crippen LogP contribution in [0.4, 0.5) is 8.78 Å². The number of benzene rings is 1. The molecular weight excluding hydrogens is 260 g/mol. The van der Waals surface area contributed by atoms with E-state index >= 15 is 0 Å². The van der Waals surface area contributed by atoms with Crippen molar-refractivity contribution in [2.45, 2.75) is 25.8 Å². The predicted octanol–water partition coefficient (Wildman–Crippen LogP) is 3.04. The molecule has 0 aliphatic rings. The van der Waals surface area contributed by atoms with Crippen LogP contribution in [0, 0.1) is 11.6 Å². The number of aromatic nitrogens is 2. The van der Waals surface area contributed by atoms with Gasteiger partial charge in [0.05, 0.1) is 11.7 Å². The third-order valence-electron chi connectivity index (χ3n) is 3.01. The highest BCUT2D eigenvalue weighted by molar-refractivity contribution is 5.21. The quantitative estimate of drug-likeness (QED) is 0.882. The van der Waals surface area contributed by atoms with Gasteiger partial charge >= 0.3 is 0 Å². The molecule has 0 radical (unpaired) electrons. The summed E-state index contributed by atoms with van der Waals surface area (Å²) in [4.78, 5) is 8.26. The number of hydrogen-bond donors (Lipinski definition) is 1. The molecule has 1 aromatic heterocycles. The Morgan fingerprint density at radius 2 is 2.10 bits per heavy atom. The molecule has 1 unspecified atom stereocenters. The number of rotatable bonds is 6. The van der Waals surface area contributed by atoms with E-state index in [-0.39, 0.29) is 6.04 Å². The van der Waals surface area contributed by atoms with Gasteiger partial charge in [0.25, 0.3) is 0 Å². The lowest BCUT2D eigenvalue weighted by molar-refractivity contribution is 0.498. The SMILES string of the molecule is CCCNC(Cc1cc(F)ccc1F)c1cnccn1. The standard InChI is InChI=1S/C15H17F2N3/c1-2-5-19-14(15-10-18-6-7-20-15)9-11-8-12(16)3-4-13(11)17/h3-4,6-8,10,14,19H,2,5,9H2,1H3. The normalized spacial score (nSPS) is 12.3. The van der Waals surface area contributed by atoms with Crippen molar-refractivity contribution >= 4 is 0 Å². The largest absolute Gasteiger partial charge is 0.308 e. The first kappa shape index (κ1) is 14.5. The van der Waals surface area contributed by atoms with E-state index in [2.05, 4.69) is 15.3 Å². The molecule has 1 aromatic carbocycles. The van der Waals surface area contributed by atoms with Gasteiger partial charge in [-0.2, -0.15) is 0 Å². The van der Waals surface area contributed by atoms with Gasteiger partial charge in [-0.05, 0) is 43.1 Å². The van der Waals surface area contributed by atoms with E-state index in [9.17, 15) is 8.78 Å². The summed E-state index contributed by atoms with van der Waals surface area (Å²) in [5.41, 5.74) is 1.06. The third kappa shape index (κ3) is 3.81. The zero-order valence-electron chi connectivity index (χ0n) is 11.3. The summed E-state index contributed by atoms with van der Waals surface area (Å²) < 4.78 is 27.0. The van der Waals surface area contributed by atoms with Gasteiger partial charge in [0, 0.05) is 18.6 Å². The van der Waals surface area contributed by atoms with Crippen LogP contribution in [0.15, 0.2) is 36.8 Å². The second kappa shape index (κ2) is 7.05. The van der Waals surface area contributed by atoms with E-state index < -0.39 is 11.6 Å². The van der Waals surface area contributed by atoms with E-state index in [0.717, 1.165) is 30.8 Å². The second-order valence-corrected chi connectivity index (χ2v) is 4.58. The van der Waals surface area contributed by atoms with Crippen LogP contribution in [0.1, 0.15) is 30.6 Å². The first-order valence-electron chi connectivity index (χ1n) is 6.64. The Morgan fingerprint density at radius 3 is 2.80 bits per heavy atom. The molecule has 0 saturated carbocycles. The van der Waals surface area contributed by atoms with Gasteiger partial charge in [0.15, 0.2) is 0 Å². The van der Waals surface area contributed by atoms with Gasteiger partial charge in [-0.1, -0.05) is 6.92 Å². The summed E-state index contributed by atoms with van der Waals surface area (Å²) in [5.74, 6) is -0.839. The highest BCUT2D eigenvalue weighted by Crippen LogP contribution is 2.19. The fourth-order valence-corrected chi connectivity index (χ4v) is 2.01. The maximum Gasteiger partial charge on any atom is 0.126 e. The summed E-state index contributed by atoms with van der Waals surface area (Å²) in [5, 5.41) is 3.29. The van der Waals surface area contributed by atoms with Gasteiger partial charge in [-0.3, -0.25) is 9.97 Å². The third-order valence-corrected chi connectivity index (χ3v) is 3.01. The second-order valence-electron chi connectivity index (χ2n) is 4.58. The van der Waals surface area contributed by atoms with E-state index in [4.69, 9.17) is 0 Å². The van der Waals surface area contributed by atoms with Crippen LogP contribution in [0.5, 0.6) is 0 Å². The van der Waals surface area contributed by atoms with Crippen molar-refractivity contribution in [3.05, 3.63) is 59.7 Å². The Balaban J connectivity index is 2.21. The zero-order valence-corrected chi connectivity index (χ0v) is 11.3. The molecule has 2 rings (SSSR count). The maximum atomic E-state index is 13.7. The van der Waals surface area contributed by atoms with E-state index in [1.807, 2.05) is 6.92 Å². The highest BCUT2D eigenvalue weighted by Gasteiger charge is 2.16. The first-order chi connectivity index (χ1) is 9.70. The average Bonchev–Trinajstić information content (AvgIpc) is 2.48. The molecule has 1 N–H and O–H groups in total. The minimum atomic E-state index is -0.435. The molecule has 2 aromatic rings. The van der Waals surface area contributed by atoms with Crippen LogP contribution >= 0.6 is 0 Å². The molecule has 0 amide bonds. The molecule has 0 aliphatic carbocycles. The lowest BCUT2D eigenvalue weighted by Crippen LogP contribution is -2.25. The van der Waals surface area contributed by atoms with Crippen molar-refractivity contribution < 1.29 is 8.78 Å². The summed E-state index contributed by atoms with van der Waals surface area (Å²) in [6.45, 7) is 2.82. The summed E-state index contributed by atoms with van der Waals surface area (Å²) >= 11 is 0. The monoisotopic (exact) mass is 277 g/mol. The van der Waals surface area contributed by atoms with Crippen LogP contribution in [0.25, 0.3) is 0 Å². The molecule has 0 spiro atoms. The van der Waals surface area contributed by atoms with Crippen molar-refractivity contribution in [1.29, 1.82) is 0 Å². The average molecular weight is 277 g/mol. The highest BCUT2D eigenvalue weighted by atomic mass is 19.1. The topological polar surface area (TPSA) is 37.8 Å². The molecule has 3 nitrogen and oxygen atoms in total. The van der Waals surface area contributed by atoms with Crippen LogP contribution in [-0.4, -0.2) is 16.5 Å². The number of halogens is 2. The molecule has 106 valence electrons. The smallest absolute Gasteiger partial charge is 0.126 e. The number of nitrogens with one attached hydrogen (secondary N) is 1. The minimum absolute atomic E-state index is 0.181. The lowest BCUT2D eigenvalue weighted by Gasteiger charge is -2.18. The van der Waals surface area contributed by atoms with Gasteiger partial charge < -0.3 is 5.32 Å². The van der Waals surface area contributed by atoms with Gasteiger partial charge in [0.1, 0.15) is 11.6 Å². The van der Waals surface area contributed by atoms with Crippen LogP contribution < -0.4 is 5.32 Å². The van der Waals surface area contributed by atoms with Crippen molar-refractivity contribution in [1.82, 2.24) is 15.3 Å². The molecule has 20 heavy (non-hydrogen) atoms. The minimum Gasteiger partial charge on any atom is -0.308 e. The van der Waals surface area contributed by atoms with E-state index in [1.165, 1.54) is 6.07 Å². The Morgan fingerprint density at radius 1 is 1.25 bits per heavy atom. The van der Waals surface area contributed by atoms with Gasteiger partial charge in [-0.25, -0.2) is 8.78 Å². The molecular formula is C15H17F2N3. The first-order valence-corrected chi connectivity index (χ1v) is 6.64. The van der Waals surface area contributed by atoms with Gasteiger partial charge in [0.2, 0.25) is 0 Å². The summed E-state index contributed by atoms with van der Waals surface area (Å²) in [7, 11) is 0. The number of nitrogens with zero attached hydrogens (tertiary/aromatic N) is 2. The zero-order chi connectivity index (χ0) is 14.4. The van der Waals surface area contributed by atoms with Crippen LogP contribution in [-0.2, 0) is 6.42 Å². The molecule has 1 heterocycles. The van der Waals surface area contributed by atoms with Crippen molar-refractivity contribution in [3.8, 4) is 0 Å². The van der Waals surface area contributed by atoms with Gasteiger partial charge in [-0.15, -0.1) is 0 Å². The summed E-state index contributed by atoms with van der Waals surface area (Å²) in [6.07, 6.45) is 6.11. The van der Waals surface area contributed by atoms with E-state index in [1.54, 1.807) is 18.6 Å². The van der Waals surface area contributed by atoms with Crippen LogP contribution in [0.2, 0.25) is 0 Å². The fraction of sp³-hybridized carbons (Fsp3) is 0.333. The van der Waals surface area contributed by atoms with Crippen molar-refractivity contribution in [2.75, 3.05) is 6.54 Å². The fourth-order valence-electron chi connectivity index (χ4n) is 2.01. The van der Waals surface area contributed by atoms with E-state index in [0.29, 0.717) is 12.0 Å². The van der Waals surface area contributed by atoms with Crippen molar-refractivity contribution in [3.63, 3.8) is 0 Å². The predicted molar refractivity (Wildman–Crippen MR) is 73.1 cm³/mol. The maximum absolute atomic E-state index is 13.7. The molecule has 0 saturated heterocycles. The number of hydrogen-bond acceptors (Lipinski definition) is 3. The Labute approximate surface area is 117 Å². The Kier molecular flexibility index (Phi) is 5.12. The molecule has 5 heteroatoms. The molecule has 1 atom stereocenters. The molecule has 0 bridgehead atoms.